The van der Waals surface area contributed by atoms with Crippen molar-refractivity contribution in [3.63, 3.8) is 0 Å². The van der Waals surface area contributed by atoms with Gasteiger partial charge in [-0.25, -0.2) is 0 Å². The first-order chi connectivity index (χ1) is 11.5. The highest BCUT2D eigenvalue weighted by atomic mass is 19.3. The van der Waals surface area contributed by atoms with Crippen molar-refractivity contribution < 1.29 is 23.5 Å². The molecule has 1 aliphatic rings. The third-order valence-electron chi connectivity index (χ3n) is 4.32. The molecular formula is C18H23F2N2O3-. The lowest BCUT2D eigenvalue weighted by atomic mass is 10.0. The Bertz CT molecular complexity index is 629. The van der Waals surface area contributed by atoms with Gasteiger partial charge < -0.3 is 19.7 Å². The summed E-state index contributed by atoms with van der Waals surface area (Å²) in [7, 11) is 0. The lowest BCUT2D eigenvalue weighted by Gasteiger charge is -2.42. The predicted octanol–water partition coefficient (Wildman–Crippen LogP) is 1.91. The van der Waals surface area contributed by atoms with Crippen LogP contribution in [-0.2, 0) is 11.2 Å². The van der Waals surface area contributed by atoms with E-state index in [1.807, 2.05) is 0 Å². The number of benzene rings is 1. The summed E-state index contributed by atoms with van der Waals surface area (Å²) >= 11 is 0. The Hall–Kier alpha value is -2.18. The number of carboxylic acid groups (broad SMARTS) is 1. The van der Waals surface area contributed by atoms with Crippen LogP contribution < -0.4 is 5.11 Å². The van der Waals surface area contributed by atoms with Crippen LogP contribution in [0.25, 0.3) is 0 Å². The molecule has 1 fully saturated rings. The number of carbonyl (C=O) groups is 2. The zero-order valence-electron chi connectivity index (χ0n) is 14.7. The minimum absolute atomic E-state index is 0.0472. The van der Waals surface area contributed by atoms with Gasteiger partial charge in [-0.05, 0) is 32.8 Å². The molecule has 25 heavy (non-hydrogen) atoms. The summed E-state index contributed by atoms with van der Waals surface area (Å²) in [6, 6.07) is 7.55. The zero-order chi connectivity index (χ0) is 18.8. The molecule has 0 N–H and O–H groups in total. The maximum Gasteiger partial charge on any atom is 0.328 e. The second kappa shape index (κ2) is 6.98. The van der Waals surface area contributed by atoms with Crippen molar-refractivity contribution in [2.24, 2.45) is 0 Å². The smallest absolute Gasteiger partial charge is 0.328 e. The molecule has 0 spiro atoms. The fraction of sp³-hybridized carbons (Fsp3) is 0.556. The zero-order valence-corrected chi connectivity index (χ0v) is 14.7. The lowest BCUT2D eigenvalue weighted by Crippen LogP contribution is -2.57. The van der Waals surface area contributed by atoms with E-state index in [4.69, 9.17) is 0 Å². The number of alkyl halides is 2. The van der Waals surface area contributed by atoms with Crippen molar-refractivity contribution in [1.82, 2.24) is 9.80 Å². The van der Waals surface area contributed by atoms with Crippen molar-refractivity contribution in [2.75, 3.05) is 13.1 Å². The molecule has 0 radical (unpaired) electrons. The van der Waals surface area contributed by atoms with Gasteiger partial charge >= 0.3 is 5.92 Å². The number of carbonyl (C=O) groups excluding carboxylic acids is 2. The number of nitrogens with zero attached hydrogens (tertiary/aromatic N) is 2. The predicted molar refractivity (Wildman–Crippen MR) is 87.1 cm³/mol. The van der Waals surface area contributed by atoms with Crippen LogP contribution in [0.3, 0.4) is 0 Å². The maximum absolute atomic E-state index is 14.3. The topological polar surface area (TPSA) is 63.7 Å². The number of amides is 2. The van der Waals surface area contributed by atoms with Crippen LogP contribution in [0.5, 0.6) is 0 Å². The van der Waals surface area contributed by atoms with E-state index in [1.54, 1.807) is 51.1 Å². The molecule has 2 rings (SSSR count). The van der Waals surface area contributed by atoms with E-state index in [1.165, 1.54) is 0 Å². The Labute approximate surface area is 146 Å². The van der Waals surface area contributed by atoms with Crippen molar-refractivity contribution in [2.45, 2.75) is 51.1 Å². The van der Waals surface area contributed by atoms with Gasteiger partial charge in [-0.3, -0.25) is 4.79 Å². The Morgan fingerprint density at radius 3 is 2.36 bits per heavy atom. The highest BCUT2D eigenvalue weighted by Crippen LogP contribution is 2.28. The largest absolute Gasteiger partial charge is 0.530 e. The van der Waals surface area contributed by atoms with E-state index in [-0.39, 0.29) is 13.1 Å². The molecule has 1 unspecified atom stereocenters. The van der Waals surface area contributed by atoms with Gasteiger partial charge in [0, 0.05) is 31.1 Å². The Morgan fingerprint density at radius 1 is 1.24 bits per heavy atom. The number of hydrogen-bond acceptors (Lipinski definition) is 3. The number of hydrogen-bond donors (Lipinski definition) is 0. The molecule has 0 aromatic heterocycles. The van der Waals surface area contributed by atoms with Crippen molar-refractivity contribution >= 4 is 12.0 Å². The van der Waals surface area contributed by atoms with E-state index >= 15 is 0 Å². The second-order valence-corrected chi connectivity index (χ2v) is 7.37. The van der Waals surface area contributed by atoms with Crippen LogP contribution in [0.1, 0.15) is 32.8 Å². The standard InChI is InChI=1S/C18H24F2N2O3/c1-17(2,3)22(16(24)25)14-9-10-21(12-14)15(23)18(19,20)11-13-7-5-4-6-8-13/h4-8,14H,9-12H2,1-3H3,(H,24,25)/p-1. The third kappa shape index (κ3) is 4.46. The normalized spacial score (nSPS) is 18.3. The molecule has 5 nitrogen and oxygen atoms in total. The first-order valence-corrected chi connectivity index (χ1v) is 8.24. The van der Waals surface area contributed by atoms with Gasteiger partial charge in [0.15, 0.2) is 0 Å². The minimum atomic E-state index is -3.52. The van der Waals surface area contributed by atoms with Crippen LogP contribution in [0.4, 0.5) is 13.6 Å². The van der Waals surface area contributed by atoms with Crippen molar-refractivity contribution in [3.8, 4) is 0 Å². The third-order valence-corrected chi connectivity index (χ3v) is 4.32. The molecule has 1 atom stereocenters. The summed E-state index contributed by atoms with van der Waals surface area (Å²) in [6.07, 6.45) is -1.71. The minimum Gasteiger partial charge on any atom is -0.530 e. The van der Waals surface area contributed by atoms with Crippen LogP contribution in [0.2, 0.25) is 0 Å². The van der Waals surface area contributed by atoms with Crippen molar-refractivity contribution in [1.29, 1.82) is 0 Å². The van der Waals surface area contributed by atoms with E-state index < -0.39 is 35.9 Å². The van der Waals surface area contributed by atoms with Gasteiger partial charge in [-0.1, -0.05) is 30.3 Å². The molecule has 138 valence electrons. The summed E-state index contributed by atoms with van der Waals surface area (Å²) in [6.45, 7) is 5.17. The molecule has 1 aromatic rings. The van der Waals surface area contributed by atoms with Gasteiger partial charge in [0.1, 0.15) is 6.09 Å². The van der Waals surface area contributed by atoms with Crippen LogP contribution in [0, 0.1) is 0 Å². The average Bonchev–Trinajstić information content (AvgIpc) is 2.94. The Morgan fingerprint density at radius 2 is 1.84 bits per heavy atom. The van der Waals surface area contributed by atoms with Crippen LogP contribution >= 0.6 is 0 Å². The highest BCUT2D eigenvalue weighted by Gasteiger charge is 2.45. The monoisotopic (exact) mass is 353 g/mol. The molecule has 1 aliphatic heterocycles. The summed E-state index contributed by atoms with van der Waals surface area (Å²) in [5.74, 6) is -4.78. The lowest BCUT2D eigenvalue weighted by molar-refractivity contribution is -0.273. The SMILES string of the molecule is CC(C)(C)N(C(=O)[O-])C1CCN(C(=O)C(F)(F)Cc2ccccc2)C1. The molecule has 0 aliphatic carbocycles. The van der Waals surface area contributed by atoms with Gasteiger partial charge in [0.25, 0.3) is 5.91 Å². The fourth-order valence-electron chi connectivity index (χ4n) is 3.27. The molecule has 7 heteroatoms. The fourth-order valence-corrected chi connectivity index (χ4v) is 3.27. The number of rotatable bonds is 4. The quantitative estimate of drug-likeness (QED) is 0.831. The molecular weight excluding hydrogens is 330 g/mol. The van der Waals surface area contributed by atoms with Crippen LogP contribution in [-0.4, -0.2) is 52.4 Å². The summed E-state index contributed by atoms with van der Waals surface area (Å²) in [4.78, 5) is 25.8. The second-order valence-electron chi connectivity index (χ2n) is 7.37. The van der Waals surface area contributed by atoms with Gasteiger partial charge in [0.05, 0.1) is 0 Å². The molecule has 1 saturated heterocycles. The van der Waals surface area contributed by atoms with E-state index in [0.29, 0.717) is 12.0 Å². The first kappa shape index (κ1) is 19.1. The first-order valence-electron chi connectivity index (χ1n) is 8.24. The average molecular weight is 353 g/mol. The van der Waals surface area contributed by atoms with Gasteiger partial charge in [-0.2, -0.15) is 8.78 Å². The number of halogens is 2. The van der Waals surface area contributed by atoms with E-state index in [9.17, 15) is 23.5 Å². The summed E-state index contributed by atoms with van der Waals surface area (Å²) < 4.78 is 28.7. The molecule has 1 heterocycles. The summed E-state index contributed by atoms with van der Waals surface area (Å²) in [5.41, 5.74) is -0.350. The Kier molecular flexibility index (Phi) is 5.34. The highest BCUT2D eigenvalue weighted by molar-refractivity contribution is 5.84. The van der Waals surface area contributed by atoms with Crippen LogP contribution in [0.15, 0.2) is 30.3 Å². The summed E-state index contributed by atoms with van der Waals surface area (Å²) in [5, 5.41) is 11.4. The van der Waals surface area contributed by atoms with E-state index in [2.05, 4.69) is 0 Å². The Balaban J connectivity index is 2.07. The van der Waals surface area contributed by atoms with Crippen molar-refractivity contribution in [3.05, 3.63) is 35.9 Å². The molecule has 0 saturated carbocycles. The molecule has 2 amide bonds. The van der Waals surface area contributed by atoms with E-state index in [0.717, 1.165) is 9.80 Å². The molecule has 0 bridgehead atoms. The number of likely N-dealkylation sites (tertiary alicyclic amines) is 1. The van der Waals surface area contributed by atoms with Gasteiger partial charge in [-0.15, -0.1) is 0 Å². The maximum atomic E-state index is 14.3. The molecule has 1 aromatic carbocycles. The van der Waals surface area contributed by atoms with Gasteiger partial charge in [0.2, 0.25) is 0 Å².